The Morgan fingerprint density at radius 1 is 1.36 bits per heavy atom. The van der Waals surface area contributed by atoms with Gasteiger partial charge in [-0.15, -0.1) is 0 Å². The first-order valence-electron chi connectivity index (χ1n) is 3.72. The van der Waals surface area contributed by atoms with Crippen molar-refractivity contribution in [3.63, 3.8) is 0 Å². The van der Waals surface area contributed by atoms with Crippen LogP contribution in [-0.4, -0.2) is 25.8 Å². The van der Waals surface area contributed by atoms with Crippen molar-refractivity contribution in [2.24, 2.45) is 0 Å². The molecule has 11 heavy (non-hydrogen) atoms. The molecule has 0 bridgehead atoms. The molecule has 0 aliphatic carbocycles. The fraction of sp³-hybridized carbons (Fsp3) is 0.333. The van der Waals surface area contributed by atoms with Crippen LogP contribution in [0.5, 0.6) is 0 Å². The molecule has 1 rings (SSSR count). The van der Waals surface area contributed by atoms with Crippen molar-refractivity contribution in [2.75, 3.05) is 0 Å². The van der Waals surface area contributed by atoms with E-state index in [1.807, 2.05) is 0 Å². The third-order valence-electron chi connectivity index (χ3n) is 1.53. The summed E-state index contributed by atoms with van der Waals surface area (Å²) >= 11 is 4.80. The van der Waals surface area contributed by atoms with E-state index in [2.05, 4.69) is 40.2 Å². The number of rotatable bonds is 3. The number of halogens is 1. The van der Waals surface area contributed by atoms with Crippen LogP contribution in [0.4, 0.5) is 0 Å². The fourth-order valence-corrected chi connectivity index (χ4v) is 2.12. The average molecular weight is 405 g/mol. The Hall–Kier alpha value is 0.622. The van der Waals surface area contributed by atoms with Gasteiger partial charge < -0.3 is 0 Å². The predicted octanol–water partition coefficient (Wildman–Crippen LogP) is 2.97. The topological polar surface area (TPSA) is 0 Å². The summed E-state index contributed by atoms with van der Waals surface area (Å²) in [5, 5.41) is 0. The molecule has 0 aliphatic rings. The third kappa shape index (κ3) is 3.69. The zero-order valence-electron chi connectivity index (χ0n) is 6.31. The molecule has 0 fully saturated rings. The molecule has 0 heterocycles. The molecule has 0 N–H and O–H groups in total. The summed E-state index contributed by atoms with van der Waals surface area (Å²) in [5.41, 5.74) is 1.45. The molecular weight excluding hydrogens is 395 g/mol. The van der Waals surface area contributed by atoms with E-state index in [-0.39, 0.29) is 0 Å². The van der Waals surface area contributed by atoms with Gasteiger partial charge in [0.2, 0.25) is 0 Å². The molecule has 2 heteroatoms. The van der Waals surface area contributed by atoms with E-state index in [1.165, 1.54) is 52.6 Å². The van der Waals surface area contributed by atoms with Gasteiger partial charge in [0.05, 0.1) is 0 Å². The molecule has 3 radical (unpaired) electrons. The summed E-state index contributed by atoms with van der Waals surface area (Å²) in [5.74, 6) is 0. The third-order valence-corrected chi connectivity index (χ3v) is 3.40. The summed E-state index contributed by atoms with van der Waals surface area (Å²) in [6.07, 6.45) is 2.59. The van der Waals surface area contributed by atoms with E-state index in [1.54, 1.807) is 0 Å². The first-order chi connectivity index (χ1) is 5.33. The van der Waals surface area contributed by atoms with Gasteiger partial charge in [-0.1, -0.05) is 0 Å². The van der Waals surface area contributed by atoms with Crippen LogP contribution >= 0.6 is 15.9 Å². The van der Waals surface area contributed by atoms with E-state index < -0.39 is 0 Å². The second-order valence-electron chi connectivity index (χ2n) is 2.48. The van der Waals surface area contributed by atoms with Crippen molar-refractivity contribution >= 4 is 41.7 Å². The van der Waals surface area contributed by atoms with Gasteiger partial charge in [-0.05, 0) is 0 Å². The van der Waals surface area contributed by atoms with E-state index in [4.69, 9.17) is 0 Å². The van der Waals surface area contributed by atoms with Crippen molar-refractivity contribution in [1.82, 2.24) is 0 Å². The van der Waals surface area contributed by atoms with Gasteiger partial charge in [0, 0.05) is 0 Å². The van der Waals surface area contributed by atoms with E-state index in [0.29, 0.717) is 0 Å². The van der Waals surface area contributed by atoms with Crippen LogP contribution in [-0.2, 0) is 6.42 Å². The predicted molar refractivity (Wildman–Crippen MR) is 53.0 cm³/mol. The Bertz CT molecular complexity index is 223. The van der Waals surface area contributed by atoms with Crippen LogP contribution in [0.1, 0.15) is 12.0 Å². The SMILES string of the molecule is Brc1cccc(CC[CH2][Pb])c1. The average Bonchev–Trinajstić information content (AvgIpc) is 2.01. The van der Waals surface area contributed by atoms with Gasteiger partial charge in [0.1, 0.15) is 0 Å². The minimum absolute atomic E-state index is 1.20. The molecule has 0 aromatic heterocycles. The zero-order chi connectivity index (χ0) is 8.10. The van der Waals surface area contributed by atoms with E-state index in [0.717, 1.165) is 0 Å². The number of hydrogen-bond donors (Lipinski definition) is 0. The van der Waals surface area contributed by atoms with Crippen LogP contribution in [0.2, 0.25) is 3.98 Å². The molecule has 0 nitrogen and oxygen atoms in total. The van der Waals surface area contributed by atoms with Crippen molar-refractivity contribution < 1.29 is 0 Å². The van der Waals surface area contributed by atoms with Gasteiger partial charge in [-0.3, -0.25) is 0 Å². The number of benzene rings is 1. The molecule has 57 valence electrons. The monoisotopic (exact) mass is 405 g/mol. The van der Waals surface area contributed by atoms with Crippen molar-refractivity contribution in [3.05, 3.63) is 34.3 Å². The van der Waals surface area contributed by atoms with Crippen LogP contribution < -0.4 is 0 Å². The summed E-state index contributed by atoms with van der Waals surface area (Å²) in [6, 6.07) is 8.58. The maximum atomic E-state index is 3.46. The van der Waals surface area contributed by atoms with Gasteiger partial charge >= 0.3 is 92.8 Å². The van der Waals surface area contributed by atoms with Crippen LogP contribution in [0.25, 0.3) is 0 Å². The molecule has 1 aromatic carbocycles. The Morgan fingerprint density at radius 2 is 2.18 bits per heavy atom. The second-order valence-corrected chi connectivity index (χ2v) is 5.34. The summed E-state index contributed by atoms with van der Waals surface area (Å²) in [4.78, 5) is 0. The van der Waals surface area contributed by atoms with Crippen LogP contribution in [0, 0.1) is 0 Å². The second kappa shape index (κ2) is 5.30. The zero-order valence-corrected chi connectivity index (χ0v) is 11.8. The van der Waals surface area contributed by atoms with Gasteiger partial charge in [0.25, 0.3) is 0 Å². The molecule has 0 unspecified atom stereocenters. The summed E-state index contributed by atoms with van der Waals surface area (Å²) in [6.45, 7) is 0. The molecule has 0 spiro atoms. The van der Waals surface area contributed by atoms with Crippen molar-refractivity contribution in [3.8, 4) is 0 Å². The number of hydrogen-bond acceptors (Lipinski definition) is 0. The summed E-state index contributed by atoms with van der Waals surface area (Å²) in [7, 11) is 0. The quantitative estimate of drug-likeness (QED) is 0.679. The Kier molecular flexibility index (Phi) is 4.68. The maximum absolute atomic E-state index is 3.46. The first kappa shape index (κ1) is 9.71. The van der Waals surface area contributed by atoms with E-state index >= 15 is 0 Å². The summed E-state index contributed by atoms with van der Waals surface area (Å²) < 4.78 is 2.61. The van der Waals surface area contributed by atoms with Crippen LogP contribution in [0.15, 0.2) is 28.7 Å². The molecule has 0 aliphatic heterocycles. The fourth-order valence-electron chi connectivity index (χ4n) is 0.985. The van der Waals surface area contributed by atoms with Crippen molar-refractivity contribution in [2.45, 2.75) is 16.8 Å². The number of aryl methyl sites for hydroxylation is 1. The van der Waals surface area contributed by atoms with Crippen molar-refractivity contribution in [1.29, 1.82) is 0 Å². The first-order valence-corrected chi connectivity index (χ1v) is 7.26. The van der Waals surface area contributed by atoms with Gasteiger partial charge in [0.15, 0.2) is 0 Å². The standard InChI is InChI=1S/C9H10Br.Pb/c1-2-4-8-5-3-6-9(10)7-8;/h3,5-7H,1-2,4H2;. The molecule has 0 saturated heterocycles. The van der Waals surface area contributed by atoms with Crippen LogP contribution in [0.3, 0.4) is 0 Å². The van der Waals surface area contributed by atoms with Gasteiger partial charge in [-0.2, -0.15) is 0 Å². The molecule has 1 aromatic rings. The Morgan fingerprint density at radius 3 is 2.82 bits per heavy atom. The molecular formula is C9H10BrPb. The van der Waals surface area contributed by atoms with Gasteiger partial charge in [-0.25, -0.2) is 0 Å². The van der Waals surface area contributed by atoms with E-state index in [9.17, 15) is 0 Å². The molecule has 0 amide bonds. The Labute approximate surface area is 92.2 Å². The minimum atomic E-state index is 1.20. The Balaban J connectivity index is 2.56. The molecule has 0 atom stereocenters. The normalized spacial score (nSPS) is 10.0. The molecule has 0 saturated carbocycles.